The van der Waals surface area contributed by atoms with Crippen molar-refractivity contribution in [3.8, 4) is 0 Å². The minimum atomic E-state index is 0.882. The Morgan fingerprint density at radius 2 is 2.05 bits per heavy atom. The zero-order chi connectivity index (χ0) is 13.1. The summed E-state index contributed by atoms with van der Waals surface area (Å²) < 4.78 is 2.43. The van der Waals surface area contributed by atoms with Crippen molar-refractivity contribution >= 4 is 11.0 Å². The summed E-state index contributed by atoms with van der Waals surface area (Å²) in [6.45, 7) is 5.70. The molecule has 1 saturated heterocycles. The number of benzene rings is 1. The molecule has 1 N–H and O–H groups in total. The number of nitrogens with one attached hydrogen (secondary N) is 1. The van der Waals surface area contributed by atoms with Crippen LogP contribution in [0, 0.1) is 5.92 Å². The molecule has 3 heteroatoms. The van der Waals surface area contributed by atoms with E-state index in [2.05, 4.69) is 41.1 Å². The van der Waals surface area contributed by atoms with Gasteiger partial charge in [0.05, 0.1) is 11.0 Å². The zero-order valence-corrected chi connectivity index (χ0v) is 11.7. The minimum absolute atomic E-state index is 0.882. The Balaban J connectivity index is 1.78. The van der Waals surface area contributed by atoms with Gasteiger partial charge < -0.3 is 9.88 Å². The molecule has 0 spiro atoms. The van der Waals surface area contributed by atoms with E-state index < -0.39 is 0 Å². The lowest BCUT2D eigenvalue weighted by molar-refractivity contribution is 0.338. The Bertz CT molecular complexity index is 538. The molecule has 0 saturated carbocycles. The first-order valence-electron chi connectivity index (χ1n) is 7.53. The first-order valence-corrected chi connectivity index (χ1v) is 7.53. The number of piperidine rings is 1. The monoisotopic (exact) mass is 257 g/mol. The second kappa shape index (κ2) is 5.74. The molecule has 2 aromatic rings. The van der Waals surface area contributed by atoms with Gasteiger partial charge in [0.15, 0.2) is 0 Å². The number of hydrogen-bond acceptors (Lipinski definition) is 2. The molecule has 0 amide bonds. The van der Waals surface area contributed by atoms with Crippen LogP contribution in [0.5, 0.6) is 0 Å². The highest BCUT2D eigenvalue weighted by Crippen LogP contribution is 2.21. The Hall–Kier alpha value is -1.35. The second-order valence-corrected chi connectivity index (χ2v) is 5.50. The molecule has 3 nitrogen and oxygen atoms in total. The topological polar surface area (TPSA) is 29.9 Å². The van der Waals surface area contributed by atoms with Crippen molar-refractivity contribution in [2.24, 2.45) is 5.92 Å². The molecule has 0 radical (unpaired) electrons. The second-order valence-electron chi connectivity index (χ2n) is 5.50. The standard InChI is InChI=1S/C16H23N3/c1-2-16-18-14-5-3-4-6-15(14)19(16)12-9-13-7-10-17-11-8-13/h3-6,13,17H,2,7-12H2,1H3. The normalized spacial score (nSPS) is 17.1. The SMILES string of the molecule is CCc1nc2ccccc2n1CCC1CCNCC1. The lowest BCUT2D eigenvalue weighted by atomic mass is 9.95. The zero-order valence-electron chi connectivity index (χ0n) is 11.7. The summed E-state index contributed by atoms with van der Waals surface area (Å²) in [5.74, 6) is 2.11. The maximum atomic E-state index is 4.75. The highest BCUT2D eigenvalue weighted by molar-refractivity contribution is 5.75. The molecule has 3 rings (SSSR count). The molecule has 2 heterocycles. The Morgan fingerprint density at radius 1 is 1.26 bits per heavy atom. The summed E-state index contributed by atoms with van der Waals surface area (Å²) in [7, 11) is 0. The number of aryl methyl sites for hydroxylation is 2. The number of imidazole rings is 1. The molecule has 1 fully saturated rings. The van der Waals surface area contributed by atoms with E-state index in [-0.39, 0.29) is 0 Å². The molecule has 1 aliphatic heterocycles. The average molecular weight is 257 g/mol. The van der Waals surface area contributed by atoms with Crippen LogP contribution in [0.25, 0.3) is 11.0 Å². The van der Waals surface area contributed by atoms with Crippen molar-refractivity contribution in [2.75, 3.05) is 13.1 Å². The molecule has 1 aromatic heterocycles. The molecule has 19 heavy (non-hydrogen) atoms. The molecule has 0 atom stereocenters. The molecule has 102 valence electrons. The molecular formula is C16H23N3. The van der Waals surface area contributed by atoms with Crippen LogP contribution in [0.2, 0.25) is 0 Å². The quantitative estimate of drug-likeness (QED) is 0.912. The predicted octanol–water partition coefficient (Wildman–Crippen LogP) is 2.99. The highest BCUT2D eigenvalue weighted by atomic mass is 15.1. The van der Waals surface area contributed by atoms with Gasteiger partial charge in [0.1, 0.15) is 5.82 Å². The summed E-state index contributed by atoms with van der Waals surface area (Å²) in [6, 6.07) is 8.51. The van der Waals surface area contributed by atoms with Crippen molar-refractivity contribution in [1.29, 1.82) is 0 Å². The average Bonchev–Trinajstić information content (AvgIpc) is 2.84. The number of hydrogen-bond donors (Lipinski definition) is 1. The van der Waals surface area contributed by atoms with Gasteiger partial charge in [0, 0.05) is 13.0 Å². The van der Waals surface area contributed by atoms with Crippen molar-refractivity contribution in [3.05, 3.63) is 30.1 Å². The van der Waals surface area contributed by atoms with Crippen LogP contribution in [-0.2, 0) is 13.0 Å². The lowest BCUT2D eigenvalue weighted by Gasteiger charge is -2.23. The molecule has 1 aliphatic rings. The van der Waals surface area contributed by atoms with E-state index in [1.807, 2.05) is 0 Å². The third-order valence-corrected chi connectivity index (χ3v) is 4.27. The van der Waals surface area contributed by atoms with Gasteiger partial charge in [-0.2, -0.15) is 0 Å². The fraction of sp³-hybridized carbons (Fsp3) is 0.562. The number of nitrogens with zero attached hydrogens (tertiary/aromatic N) is 2. The smallest absolute Gasteiger partial charge is 0.109 e. The summed E-state index contributed by atoms with van der Waals surface area (Å²) in [5, 5.41) is 3.44. The fourth-order valence-corrected chi connectivity index (χ4v) is 3.13. The van der Waals surface area contributed by atoms with Gasteiger partial charge in [-0.05, 0) is 50.4 Å². The summed E-state index contributed by atoms with van der Waals surface area (Å²) in [4.78, 5) is 4.75. The number of para-hydroxylation sites is 2. The number of fused-ring (bicyclic) bond motifs is 1. The van der Waals surface area contributed by atoms with Crippen molar-refractivity contribution < 1.29 is 0 Å². The van der Waals surface area contributed by atoms with Crippen molar-refractivity contribution in [3.63, 3.8) is 0 Å². The van der Waals surface area contributed by atoms with Gasteiger partial charge in [-0.1, -0.05) is 19.1 Å². The first-order chi connectivity index (χ1) is 9.38. The van der Waals surface area contributed by atoms with Crippen LogP contribution in [0.1, 0.15) is 32.0 Å². The van der Waals surface area contributed by atoms with E-state index >= 15 is 0 Å². The van der Waals surface area contributed by atoms with Crippen LogP contribution in [0.15, 0.2) is 24.3 Å². The van der Waals surface area contributed by atoms with E-state index in [0.717, 1.165) is 24.4 Å². The summed E-state index contributed by atoms with van der Waals surface area (Å²) in [6.07, 6.45) is 4.96. The van der Waals surface area contributed by atoms with E-state index in [0.29, 0.717) is 0 Å². The highest BCUT2D eigenvalue weighted by Gasteiger charge is 2.15. The van der Waals surface area contributed by atoms with E-state index in [1.54, 1.807) is 0 Å². The Labute approximate surface area is 115 Å². The fourth-order valence-electron chi connectivity index (χ4n) is 3.13. The lowest BCUT2D eigenvalue weighted by Crippen LogP contribution is -2.28. The van der Waals surface area contributed by atoms with Crippen LogP contribution in [0.3, 0.4) is 0 Å². The third-order valence-electron chi connectivity index (χ3n) is 4.27. The van der Waals surface area contributed by atoms with Gasteiger partial charge in [0.2, 0.25) is 0 Å². The maximum Gasteiger partial charge on any atom is 0.109 e. The third kappa shape index (κ3) is 2.66. The predicted molar refractivity (Wildman–Crippen MR) is 79.3 cm³/mol. The van der Waals surface area contributed by atoms with Crippen LogP contribution >= 0.6 is 0 Å². The van der Waals surface area contributed by atoms with Crippen LogP contribution in [0.4, 0.5) is 0 Å². The molecule has 0 bridgehead atoms. The maximum absolute atomic E-state index is 4.75. The van der Waals surface area contributed by atoms with Gasteiger partial charge in [-0.15, -0.1) is 0 Å². The number of aromatic nitrogens is 2. The van der Waals surface area contributed by atoms with Gasteiger partial charge in [-0.25, -0.2) is 4.98 Å². The van der Waals surface area contributed by atoms with E-state index in [4.69, 9.17) is 4.98 Å². The molecule has 1 aromatic carbocycles. The van der Waals surface area contributed by atoms with Crippen LogP contribution in [-0.4, -0.2) is 22.6 Å². The number of rotatable bonds is 4. The molecular weight excluding hydrogens is 234 g/mol. The van der Waals surface area contributed by atoms with E-state index in [9.17, 15) is 0 Å². The summed E-state index contributed by atoms with van der Waals surface area (Å²) in [5.41, 5.74) is 2.44. The summed E-state index contributed by atoms with van der Waals surface area (Å²) >= 11 is 0. The van der Waals surface area contributed by atoms with Crippen molar-refractivity contribution in [2.45, 2.75) is 39.2 Å². The van der Waals surface area contributed by atoms with Crippen LogP contribution < -0.4 is 5.32 Å². The van der Waals surface area contributed by atoms with Gasteiger partial charge >= 0.3 is 0 Å². The Morgan fingerprint density at radius 3 is 2.84 bits per heavy atom. The van der Waals surface area contributed by atoms with Gasteiger partial charge in [0.25, 0.3) is 0 Å². The largest absolute Gasteiger partial charge is 0.328 e. The van der Waals surface area contributed by atoms with Crippen molar-refractivity contribution in [1.82, 2.24) is 14.9 Å². The first kappa shape index (κ1) is 12.7. The Kier molecular flexibility index (Phi) is 3.83. The van der Waals surface area contributed by atoms with E-state index in [1.165, 1.54) is 43.7 Å². The van der Waals surface area contributed by atoms with Gasteiger partial charge in [-0.3, -0.25) is 0 Å². The minimum Gasteiger partial charge on any atom is -0.328 e. The molecule has 0 aliphatic carbocycles. The molecule has 0 unspecified atom stereocenters.